The summed E-state index contributed by atoms with van der Waals surface area (Å²) in [5, 5.41) is 19.6. The number of nitrogens with zero attached hydrogens (tertiary/aromatic N) is 4. The van der Waals surface area contributed by atoms with Crippen molar-refractivity contribution in [3.63, 3.8) is 0 Å². The number of unbranched alkanes of at least 4 members (excludes halogenated alkanes) is 7. The number of hydroxylamine groups is 4. The van der Waals surface area contributed by atoms with E-state index in [9.17, 15) is 0 Å². The van der Waals surface area contributed by atoms with E-state index in [-0.39, 0.29) is 11.9 Å². The number of rotatable bonds is 11. The van der Waals surface area contributed by atoms with Gasteiger partial charge in [0.2, 0.25) is 11.9 Å². The highest BCUT2D eigenvalue weighted by Gasteiger charge is 1.96. The van der Waals surface area contributed by atoms with Crippen molar-refractivity contribution in [1.29, 1.82) is 0 Å². The first-order chi connectivity index (χ1) is 10.4. The van der Waals surface area contributed by atoms with Crippen LogP contribution >= 0.6 is 0 Å². The molecular formula is C14H32N6O2. The van der Waals surface area contributed by atoms with Gasteiger partial charge in [0.05, 0.1) is 0 Å². The van der Waals surface area contributed by atoms with Crippen LogP contribution in [0.2, 0.25) is 0 Å². The Labute approximate surface area is 133 Å². The fourth-order valence-electron chi connectivity index (χ4n) is 1.88. The largest absolute Gasteiger partial charge is 0.368 e. The fourth-order valence-corrected chi connectivity index (χ4v) is 1.88. The van der Waals surface area contributed by atoms with Gasteiger partial charge in [-0.1, -0.05) is 38.5 Å². The lowest BCUT2D eigenvalue weighted by atomic mass is 10.1. The second kappa shape index (κ2) is 13.1. The number of aliphatic imine (C=N–C) groups is 2. The molecule has 0 radical (unpaired) electrons. The molecule has 6 N–H and O–H groups in total. The van der Waals surface area contributed by atoms with Crippen LogP contribution in [0.3, 0.4) is 0 Å². The summed E-state index contributed by atoms with van der Waals surface area (Å²) in [7, 11) is 2.92. The van der Waals surface area contributed by atoms with E-state index >= 15 is 0 Å². The van der Waals surface area contributed by atoms with E-state index in [1.807, 2.05) is 0 Å². The molecule has 0 aromatic rings. The first-order valence-corrected chi connectivity index (χ1v) is 7.90. The molecule has 0 atom stereocenters. The third kappa shape index (κ3) is 12.2. The molecule has 8 nitrogen and oxygen atoms in total. The molecule has 0 unspecified atom stereocenters. The van der Waals surface area contributed by atoms with E-state index in [0.717, 1.165) is 35.8 Å². The van der Waals surface area contributed by atoms with E-state index in [1.165, 1.54) is 39.8 Å². The van der Waals surface area contributed by atoms with Gasteiger partial charge in [-0.25, -0.2) is 10.1 Å². The van der Waals surface area contributed by atoms with Crippen LogP contribution < -0.4 is 11.5 Å². The second-order valence-corrected chi connectivity index (χ2v) is 5.36. The Morgan fingerprint density at radius 1 is 0.682 bits per heavy atom. The first kappa shape index (κ1) is 20.5. The van der Waals surface area contributed by atoms with Gasteiger partial charge in [-0.3, -0.25) is 20.4 Å². The van der Waals surface area contributed by atoms with Gasteiger partial charge in [0.25, 0.3) is 0 Å². The summed E-state index contributed by atoms with van der Waals surface area (Å²) in [5.74, 6) is 0.325. The molecule has 0 amide bonds. The molecule has 0 rings (SSSR count). The van der Waals surface area contributed by atoms with Crippen LogP contribution in [-0.4, -0.2) is 59.6 Å². The second-order valence-electron chi connectivity index (χ2n) is 5.36. The van der Waals surface area contributed by atoms with E-state index < -0.39 is 0 Å². The molecule has 0 aliphatic rings. The molecule has 130 valence electrons. The average molecular weight is 316 g/mol. The maximum atomic E-state index is 8.99. The van der Waals surface area contributed by atoms with Crippen molar-refractivity contribution in [2.75, 3.05) is 27.2 Å². The summed E-state index contributed by atoms with van der Waals surface area (Å²) in [6, 6.07) is 0. The minimum atomic E-state index is 0.163. The number of hydrogen-bond donors (Lipinski definition) is 4. The fraction of sp³-hybridized carbons (Fsp3) is 0.857. The van der Waals surface area contributed by atoms with Gasteiger partial charge in [-0.05, 0) is 12.8 Å². The summed E-state index contributed by atoms with van der Waals surface area (Å²) < 4.78 is 0. The average Bonchev–Trinajstić information content (AvgIpc) is 2.47. The van der Waals surface area contributed by atoms with Crippen LogP contribution in [0.1, 0.15) is 51.4 Å². The highest BCUT2D eigenvalue weighted by Crippen LogP contribution is 2.08. The summed E-state index contributed by atoms with van der Waals surface area (Å²) in [4.78, 5) is 8.09. The van der Waals surface area contributed by atoms with Crippen LogP contribution in [-0.2, 0) is 0 Å². The number of guanidine groups is 2. The summed E-state index contributed by atoms with van der Waals surface area (Å²) in [5.41, 5.74) is 10.9. The zero-order valence-electron chi connectivity index (χ0n) is 13.9. The minimum Gasteiger partial charge on any atom is -0.368 e. The normalized spacial score (nSPS) is 12.5. The Hall–Kier alpha value is -1.54. The van der Waals surface area contributed by atoms with Crippen LogP contribution in [0, 0.1) is 0 Å². The monoisotopic (exact) mass is 316 g/mol. The Kier molecular flexibility index (Phi) is 12.2. The predicted octanol–water partition coefficient (Wildman–Crippen LogP) is 1.38. The van der Waals surface area contributed by atoms with Crippen molar-refractivity contribution < 1.29 is 10.4 Å². The number of nitrogens with two attached hydrogens (primary N) is 2. The topological polar surface area (TPSA) is 124 Å². The smallest absolute Gasteiger partial charge is 0.215 e. The van der Waals surface area contributed by atoms with Gasteiger partial charge in [0.15, 0.2) is 0 Å². The van der Waals surface area contributed by atoms with E-state index in [0.29, 0.717) is 13.1 Å². The molecule has 0 saturated heterocycles. The van der Waals surface area contributed by atoms with E-state index in [4.69, 9.17) is 21.9 Å². The van der Waals surface area contributed by atoms with Gasteiger partial charge < -0.3 is 11.5 Å². The lowest BCUT2D eigenvalue weighted by Gasteiger charge is -2.08. The van der Waals surface area contributed by atoms with Crippen LogP contribution in [0.25, 0.3) is 0 Å². The molecule has 0 aromatic heterocycles. The molecule has 8 heteroatoms. The Balaban J connectivity index is 3.31. The van der Waals surface area contributed by atoms with Gasteiger partial charge >= 0.3 is 0 Å². The third-order valence-corrected chi connectivity index (χ3v) is 3.28. The summed E-state index contributed by atoms with van der Waals surface area (Å²) >= 11 is 0. The Bertz CT molecular complexity index is 299. The zero-order valence-corrected chi connectivity index (χ0v) is 13.9. The lowest BCUT2D eigenvalue weighted by molar-refractivity contribution is 0.0115. The van der Waals surface area contributed by atoms with Gasteiger partial charge in [-0.15, -0.1) is 0 Å². The standard InChI is InChI=1S/C14H32N6O2/c1-19(21)13(15)17-11-9-7-5-3-4-6-8-10-12-18-14(16)20(2)22/h21-22H,3-12H2,1-2H3,(H2,15,17)(H2,16,18). The molecular weight excluding hydrogens is 284 g/mol. The number of hydrogen-bond acceptors (Lipinski definition) is 4. The molecule has 0 aliphatic heterocycles. The molecule has 0 bridgehead atoms. The van der Waals surface area contributed by atoms with Crippen molar-refractivity contribution in [2.45, 2.75) is 51.4 Å². The van der Waals surface area contributed by atoms with Crippen LogP contribution in [0.4, 0.5) is 0 Å². The summed E-state index contributed by atoms with van der Waals surface area (Å²) in [6.07, 6.45) is 9.11. The van der Waals surface area contributed by atoms with Crippen molar-refractivity contribution in [3.8, 4) is 0 Å². The lowest BCUT2D eigenvalue weighted by Crippen LogP contribution is -2.31. The molecule has 0 spiro atoms. The molecule has 0 aliphatic carbocycles. The molecule has 0 heterocycles. The van der Waals surface area contributed by atoms with Crippen molar-refractivity contribution >= 4 is 11.9 Å². The third-order valence-electron chi connectivity index (χ3n) is 3.28. The molecule has 0 saturated carbocycles. The first-order valence-electron chi connectivity index (χ1n) is 7.90. The predicted molar refractivity (Wildman–Crippen MR) is 89.0 cm³/mol. The highest BCUT2D eigenvalue weighted by atomic mass is 16.5. The summed E-state index contributed by atoms with van der Waals surface area (Å²) in [6.45, 7) is 1.32. The van der Waals surface area contributed by atoms with Gasteiger partial charge in [0.1, 0.15) is 0 Å². The Morgan fingerprint density at radius 3 is 1.23 bits per heavy atom. The highest BCUT2D eigenvalue weighted by molar-refractivity contribution is 5.76. The maximum absolute atomic E-state index is 8.99. The maximum Gasteiger partial charge on any atom is 0.215 e. The Morgan fingerprint density at radius 2 is 0.955 bits per heavy atom. The minimum absolute atomic E-state index is 0.163. The van der Waals surface area contributed by atoms with Gasteiger partial charge in [0, 0.05) is 27.2 Å². The van der Waals surface area contributed by atoms with Gasteiger partial charge in [-0.2, -0.15) is 0 Å². The molecule has 22 heavy (non-hydrogen) atoms. The van der Waals surface area contributed by atoms with Crippen molar-refractivity contribution in [3.05, 3.63) is 0 Å². The SMILES string of the molecule is CN(O)C(N)=NCCCCCCCCCCN=C(N)N(C)O. The van der Waals surface area contributed by atoms with Crippen LogP contribution in [0.5, 0.6) is 0 Å². The quantitative estimate of drug-likeness (QED) is 0.198. The van der Waals surface area contributed by atoms with Crippen molar-refractivity contribution in [1.82, 2.24) is 10.1 Å². The molecule has 0 fully saturated rings. The van der Waals surface area contributed by atoms with E-state index in [1.54, 1.807) is 0 Å². The van der Waals surface area contributed by atoms with Crippen molar-refractivity contribution in [2.24, 2.45) is 21.5 Å². The molecule has 0 aromatic carbocycles. The zero-order chi connectivity index (χ0) is 16.8. The van der Waals surface area contributed by atoms with Crippen LogP contribution in [0.15, 0.2) is 9.98 Å². The van der Waals surface area contributed by atoms with E-state index in [2.05, 4.69) is 9.98 Å².